The highest BCUT2D eigenvalue weighted by Crippen LogP contribution is 2.27. The summed E-state index contributed by atoms with van der Waals surface area (Å²) in [5.74, 6) is 2.36. The molecule has 1 aliphatic carbocycles. The molecule has 26 heavy (non-hydrogen) atoms. The minimum Gasteiger partial charge on any atom is -0.493 e. The van der Waals surface area contributed by atoms with Crippen molar-refractivity contribution in [3.05, 3.63) is 24.3 Å². The van der Waals surface area contributed by atoms with Crippen molar-refractivity contribution in [2.24, 2.45) is 4.99 Å². The standard InChI is InChI=1S/C19H31N3O2S.HI/c1-14(24-18-11-6-5-10-17(18)23-3)13-21-19(20-2)22-15-8-7-9-16(12-15)25-4;/h5-6,10-11,14-16H,7-9,12-13H2,1-4H3,(H2,20,21,22);1H. The molecule has 0 aromatic heterocycles. The number of para-hydroxylation sites is 2. The number of ether oxygens (including phenoxy) is 2. The Kier molecular flexibility index (Phi) is 11.2. The highest BCUT2D eigenvalue weighted by Gasteiger charge is 2.22. The lowest BCUT2D eigenvalue weighted by molar-refractivity contribution is 0.213. The van der Waals surface area contributed by atoms with Gasteiger partial charge in [-0.15, -0.1) is 24.0 Å². The summed E-state index contributed by atoms with van der Waals surface area (Å²) in [6.45, 7) is 2.72. The minimum atomic E-state index is 0. The molecule has 2 N–H and O–H groups in total. The van der Waals surface area contributed by atoms with Crippen molar-refractivity contribution in [2.75, 3.05) is 27.0 Å². The molecule has 148 valence electrons. The molecule has 3 atom stereocenters. The van der Waals surface area contributed by atoms with Crippen LogP contribution in [-0.2, 0) is 0 Å². The smallest absolute Gasteiger partial charge is 0.191 e. The highest BCUT2D eigenvalue weighted by molar-refractivity contribution is 14.0. The van der Waals surface area contributed by atoms with Crippen LogP contribution in [0.3, 0.4) is 0 Å². The van der Waals surface area contributed by atoms with E-state index in [1.165, 1.54) is 25.7 Å². The third-order valence-corrected chi connectivity index (χ3v) is 5.57. The SMILES string of the molecule is CN=C(NCC(C)Oc1ccccc1OC)NC1CCCC(SC)C1.I. The summed E-state index contributed by atoms with van der Waals surface area (Å²) in [5, 5.41) is 7.69. The van der Waals surface area contributed by atoms with Crippen molar-refractivity contribution in [1.82, 2.24) is 10.6 Å². The van der Waals surface area contributed by atoms with Crippen LogP contribution in [0.5, 0.6) is 11.5 Å². The van der Waals surface area contributed by atoms with Gasteiger partial charge in [-0.2, -0.15) is 11.8 Å². The molecule has 1 aromatic rings. The quantitative estimate of drug-likeness (QED) is 0.343. The first-order valence-electron chi connectivity index (χ1n) is 8.96. The molecular formula is C19H32IN3O2S. The Labute approximate surface area is 179 Å². The van der Waals surface area contributed by atoms with Crippen LogP contribution in [0.2, 0.25) is 0 Å². The van der Waals surface area contributed by atoms with Gasteiger partial charge in [0, 0.05) is 18.3 Å². The van der Waals surface area contributed by atoms with Gasteiger partial charge in [0.1, 0.15) is 6.10 Å². The van der Waals surface area contributed by atoms with Crippen molar-refractivity contribution in [2.45, 2.75) is 50.0 Å². The van der Waals surface area contributed by atoms with Crippen LogP contribution in [0.1, 0.15) is 32.6 Å². The molecule has 0 radical (unpaired) electrons. The average molecular weight is 493 g/mol. The topological polar surface area (TPSA) is 54.9 Å². The molecule has 7 heteroatoms. The van der Waals surface area contributed by atoms with Crippen LogP contribution < -0.4 is 20.1 Å². The Morgan fingerprint density at radius 3 is 2.69 bits per heavy atom. The third kappa shape index (κ3) is 7.42. The van der Waals surface area contributed by atoms with Crippen molar-refractivity contribution in [3.8, 4) is 11.5 Å². The molecule has 0 bridgehead atoms. The zero-order chi connectivity index (χ0) is 18.1. The summed E-state index contributed by atoms with van der Waals surface area (Å²) >= 11 is 1.97. The summed E-state index contributed by atoms with van der Waals surface area (Å²) in [6.07, 6.45) is 7.24. The summed E-state index contributed by atoms with van der Waals surface area (Å²) in [7, 11) is 3.47. The molecule has 1 fully saturated rings. The molecule has 1 aromatic carbocycles. The summed E-state index contributed by atoms with van der Waals surface area (Å²) in [5.41, 5.74) is 0. The zero-order valence-electron chi connectivity index (χ0n) is 16.2. The molecular weight excluding hydrogens is 461 g/mol. The molecule has 2 rings (SSSR count). The molecule has 0 spiro atoms. The number of hydrogen-bond acceptors (Lipinski definition) is 4. The van der Waals surface area contributed by atoms with E-state index in [2.05, 4.69) is 21.9 Å². The normalized spacial score (nSPS) is 21.3. The van der Waals surface area contributed by atoms with Gasteiger partial charge in [0.2, 0.25) is 0 Å². The number of rotatable bonds is 7. The van der Waals surface area contributed by atoms with Gasteiger partial charge in [-0.3, -0.25) is 4.99 Å². The van der Waals surface area contributed by atoms with E-state index in [1.54, 1.807) is 7.11 Å². The van der Waals surface area contributed by atoms with Crippen LogP contribution in [0, 0.1) is 0 Å². The molecule has 0 aliphatic heterocycles. The van der Waals surface area contributed by atoms with E-state index in [-0.39, 0.29) is 30.1 Å². The van der Waals surface area contributed by atoms with Gasteiger partial charge in [0.15, 0.2) is 17.5 Å². The Morgan fingerprint density at radius 2 is 2.04 bits per heavy atom. The van der Waals surface area contributed by atoms with Crippen LogP contribution in [0.25, 0.3) is 0 Å². The molecule has 0 heterocycles. The van der Waals surface area contributed by atoms with Crippen LogP contribution in [0.4, 0.5) is 0 Å². The Bertz CT molecular complexity index is 559. The fraction of sp³-hybridized carbons (Fsp3) is 0.632. The minimum absolute atomic E-state index is 0. The van der Waals surface area contributed by atoms with E-state index >= 15 is 0 Å². The molecule has 3 unspecified atom stereocenters. The lowest BCUT2D eigenvalue weighted by atomic mass is 9.95. The molecule has 1 aliphatic rings. The monoisotopic (exact) mass is 493 g/mol. The summed E-state index contributed by atoms with van der Waals surface area (Å²) in [4.78, 5) is 4.35. The number of guanidine groups is 1. The van der Waals surface area contributed by atoms with Crippen molar-refractivity contribution < 1.29 is 9.47 Å². The van der Waals surface area contributed by atoms with Gasteiger partial charge < -0.3 is 20.1 Å². The van der Waals surface area contributed by atoms with E-state index in [4.69, 9.17) is 9.47 Å². The van der Waals surface area contributed by atoms with Crippen molar-refractivity contribution >= 4 is 41.7 Å². The first-order valence-corrected chi connectivity index (χ1v) is 10.2. The lowest BCUT2D eigenvalue weighted by Gasteiger charge is -2.30. The number of hydrogen-bond donors (Lipinski definition) is 2. The third-order valence-electron chi connectivity index (χ3n) is 4.48. The fourth-order valence-electron chi connectivity index (χ4n) is 3.09. The Balaban J connectivity index is 0.00000338. The fourth-order valence-corrected chi connectivity index (χ4v) is 3.92. The number of nitrogens with one attached hydrogen (secondary N) is 2. The summed E-state index contributed by atoms with van der Waals surface area (Å²) in [6, 6.07) is 8.22. The number of nitrogens with zero attached hydrogens (tertiary/aromatic N) is 1. The second-order valence-corrected chi connectivity index (χ2v) is 7.54. The highest BCUT2D eigenvalue weighted by atomic mass is 127. The second kappa shape index (κ2) is 12.5. The van der Waals surface area contributed by atoms with Crippen molar-refractivity contribution in [1.29, 1.82) is 0 Å². The van der Waals surface area contributed by atoms with Crippen LogP contribution >= 0.6 is 35.7 Å². The maximum absolute atomic E-state index is 5.98. The van der Waals surface area contributed by atoms with E-state index < -0.39 is 0 Å². The average Bonchev–Trinajstić information content (AvgIpc) is 2.65. The Morgan fingerprint density at radius 1 is 1.31 bits per heavy atom. The maximum atomic E-state index is 5.98. The first-order chi connectivity index (χ1) is 12.2. The zero-order valence-corrected chi connectivity index (χ0v) is 19.3. The van der Waals surface area contributed by atoms with E-state index in [0.717, 1.165) is 22.7 Å². The lowest BCUT2D eigenvalue weighted by Crippen LogP contribution is -2.47. The number of aliphatic imine (C=N–C) groups is 1. The Hall–Kier alpha value is -0.830. The van der Waals surface area contributed by atoms with Gasteiger partial charge in [0.25, 0.3) is 0 Å². The predicted octanol–water partition coefficient (Wildman–Crippen LogP) is 3.92. The number of methoxy groups -OCH3 is 1. The van der Waals surface area contributed by atoms with Gasteiger partial charge in [0.05, 0.1) is 13.7 Å². The maximum Gasteiger partial charge on any atom is 0.191 e. The molecule has 1 saturated carbocycles. The van der Waals surface area contributed by atoms with Crippen LogP contribution in [-0.4, -0.2) is 50.3 Å². The first kappa shape index (κ1) is 23.2. The molecule has 0 amide bonds. The van der Waals surface area contributed by atoms with E-state index in [9.17, 15) is 0 Å². The largest absolute Gasteiger partial charge is 0.493 e. The van der Waals surface area contributed by atoms with Gasteiger partial charge in [-0.05, 0) is 44.6 Å². The predicted molar refractivity (Wildman–Crippen MR) is 123 cm³/mol. The van der Waals surface area contributed by atoms with Gasteiger partial charge in [-0.1, -0.05) is 18.6 Å². The molecule has 5 nitrogen and oxygen atoms in total. The number of thioether (sulfide) groups is 1. The number of halogens is 1. The van der Waals surface area contributed by atoms with E-state index in [1.807, 2.05) is 50.0 Å². The van der Waals surface area contributed by atoms with Crippen molar-refractivity contribution in [3.63, 3.8) is 0 Å². The summed E-state index contributed by atoms with van der Waals surface area (Å²) < 4.78 is 11.3. The van der Waals surface area contributed by atoms with Crippen LogP contribution in [0.15, 0.2) is 29.3 Å². The second-order valence-electron chi connectivity index (χ2n) is 6.40. The molecule has 0 saturated heterocycles. The van der Waals surface area contributed by atoms with E-state index in [0.29, 0.717) is 12.6 Å². The van der Waals surface area contributed by atoms with Gasteiger partial charge in [-0.25, -0.2) is 0 Å². The number of benzene rings is 1. The van der Waals surface area contributed by atoms with Gasteiger partial charge >= 0.3 is 0 Å².